The number of ketones is 1. The summed E-state index contributed by atoms with van der Waals surface area (Å²) in [4.78, 5) is 11.1. The zero-order valence-corrected chi connectivity index (χ0v) is 25.0. The molecule has 0 aromatic rings. The molecule has 0 aromatic heterocycles. The smallest absolute Gasteiger partial charge is 1.00 e. The molecule has 0 radical (unpaired) electrons. The van der Waals surface area contributed by atoms with Crippen LogP contribution >= 0.6 is 0 Å². The van der Waals surface area contributed by atoms with Gasteiger partial charge in [0.1, 0.15) is 5.78 Å². The van der Waals surface area contributed by atoms with Crippen LogP contribution in [0.3, 0.4) is 0 Å². The number of rotatable bonds is 4. The van der Waals surface area contributed by atoms with Crippen molar-refractivity contribution in [2.45, 2.75) is 106 Å². The Morgan fingerprint density at radius 2 is 1.25 bits per heavy atom. The number of hydrogen-bond donors (Lipinski definition) is 1. The van der Waals surface area contributed by atoms with Crippen LogP contribution < -0.4 is 12.4 Å². The van der Waals surface area contributed by atoms with Crippen molar-refractivity contribution in [3.63, 3.8) is 0 Å². The van der Waals surface area contributed by atoms with Crippen LogP contribution in [0.2, 0.25) is 0 Å². The van der Waals surface area contributed by atoms with E-state index in [0.717, 1.165) is 54.3 Å². The minimum atomic E-state index is -0.473. The third-order valence-corrected chi connectivity index (χ3v) is 10.5. The quantitative estimate of drug-likeness (QED) is 0.492. The molecule has 0 spiro atoms. The van der Waals surface area contributed by atoms with Crippen molar-refractivity contribution in [3.8, 4) is 0 Å². The van der Waals surface area contributed by atoms with Gasteiger partial charge in [-0.2, -0.15) is 0 Å². The average molecular weight is 479 g/mol. The predicted molar refractivity (Wildman–Crippen MR) is 134 cm³/mol. The van der Waals surface area contributed by atoms with Gasteiger partial charge in [0.25, 0.3) is 0 Å². The molecule has 4 aliphatic carbocycles. The fourth-order valence-corrected chi connectivity index (χ4v) is 8.08. The monoisotopic (exact) mass is 478 g/mol. The molecule has 1 N–H and O–H groups in total. The molecule has 0 saturated heterocycles. The molecule has 0 aromatic carbocycles. The summed E-state index contributed by atoms with van der Waals surface area (Å²) in [5, 5.41) is 9.92. The zero-order chi connectivity index (χ0) is 21.9. The number of halogens is 1. The van der Waals surface area contributed by atoms with Gasteiger partial charge in [0, 0.05) is 6.42 Å². The first kappa shape index (κ1) is 32.7. The Bertz CT molecular complexity index is 615. The van der Waals surface area contributed by atoms with Gasteiger partial charge in [-0.25, -0.2) is 0 Å². The van der Waals surface area contributed by atoms with Gasteiger partial charge in [-0.3, -0.25) is 0 Å². The Balaban J connectivity index is 0.000000550. The van der Waals surface area contributed by atoms with Crippen LogP contribution in [0.25, 0.3) is 0 Å². The van der Waals surface area contributed by atoms with E-state index in [0.29, 0.717) is 22.5 Å². The van der Waals surface area contributed by atoms with Crippen molar-refractivity contribution in [2.75, 3.05) is 0 Å². The van der Waals surface area contributed by atoms with Gasteiger partial charge in [0.2, 0.25) is 0 Å². The minimum Gasteiger partial charge on any atom is -1.00 e. The van der Waals surface area contributed by atoms with E-state index < -0.39 is 5.60 Å². The standard InChI is InChI=1S/C14H26O.C13H22O.CH3.ClH.Mg/c1-9-12-7-11(14(9,4)5)6-10(12)8-13(2,3)15;1-8(14)5-10-6-11-7-12(10)9(2)13(11,3)4;;;/h9-12,15H,6-8H2,1-5H3;9-12H,5-7H2,1-4H3;1H3;1H;/q;;-1;;+2/p-1. The largest absolute Gasteiger partial charge is 2.00 e. The Morgan fingerprint density at radius 3 is 1.56 bits per heavy atom. The molecule has 4 saturated carbocycles. The van der Waals surface area contributed by atoms with E-state index in [1.54, 1.807) is 6.92 Å². The summed E-state index contributed by atoms with van der Waals surface area (Å²) in [5.41, 5.74) is 0.595. The van der Waals surface area contributed by atoms with Gasteiger partial charge in [-0.15, -0.1) is 0 Å². The second-order valence-corrected chi connectivity index (χ2v) is 13.3. The van der Waals surface area contributed by atoms with Crippen LogP contribution in [-0.4, -0.2) is 39.5 Å². The summed E-state index contributed by atoms with van der Waals surface area (Å²) in [5.74, 6) is 7.01. The Hall–Kier alpha value is 0.686. The van der Waals surface area contributed by atoms with Crippen LogP contribution in [-0.2, 0) is 4.79 Å². The normalized spacial score (nSPS) is 39.8. The van der Waals surface area contributed by atoms with Crippen molar-refractivity contribution in [1.82, 2.24) is 0 Å². The Kier molecular flexibility index (Phi) is 11.4. The van der Waals surface area contributed by atoms with Crippen molar-refractivity contribution < 1.29 is 22.3 Å². The van der Waals surface area contributed by atoms with Gasteiger partial charge in [-0.05, 0) is 111 Å². The number of hydrogen-bond acceptors (Lipinski definition) is 2. The number of aliphatic hydroxyl groups is 1. The van der Waals surface area contributed by atoms with Crippen molar-refractivity contribution in [3.05, 3.63) is 7.43 Å². The molecule has 4 aliphatic rings. The van der Waals surface area contributed by atoms with Gasteiger partial charge in [-0.1, -0.05) is 41.5 Å². The molecule has 4 rings (SSSR count). The van der Waals surface area contributed by atoms with Crippen LogP contribution in [0.15, 0.2) is 0 Å². The van der Waals surface area contributed by atoms with E-state index in [4.69, 9.17) is 0 Å². The fraction of sp³-hybridized carbons (Fsp3) is 0.929. The van der Waals surface area contributed by atoms with Crippen LogP contribution in [0.1, 0.15) is 101 Å². The molecule has 8 unspecified atom stereocenters. The van der Waals surface area contributed by atoms with Gasteiger partial charge >= 0.3 is 23.1 Å². The summed E-state index contributed by atoms with van der Waals surface area (Å²) in [6.45, 7) is 20.1. The van der Waals surface area contributed by atoms with Crippen molar-refractivity contribution in [1.29, 1.82) is 0 Å². The molecule has 2 nitrogen and oxygen atoms in total. The number of Topliss-reactive ketones (excluding diaryl/α,β-unsaturated/α-hetero) is 1. The maximum atomic E-state index is 11.1. The molecule has 4 bridgehead atoms. The van der Waals surface area contributed by atoms with E-state index in [1.807, 2.05) is 13.8 Å². The van der Waals surface area contributed by atoms with Gasteiger partial charge in [0.15, 0.2) is 0 Å². The molecular formula is C28H51ClMgO2. The predicted octanol–water partition coefficient (Wildman–Crippen LogP) is 3.82. The molecule has 32 heavy (non-hydrogen) atoms. The van der Waals surface area contributed by atoms with Crippen molar-refractivity contribution >= 4 is 28.8 Å². The summed E-state index contributed by atoms with van der Waals surface area (Å²) in [6, 6.07) is 0. The van der Waals surface area contributed by atoms with E-state index in [-0.39, 0.29) is 42.9 Å². The molecule has 0 heterocycles. The average Bonchev–Trinajstić information content (AvgIpc) is 3.24. The molecule has 0 amide bonds. The second-order valence-electron chi connectivity index (χ2n) is 13.3. The van der Waals surface area contributed by atoms with Gasteiger partial charge < -0.3 is 29.7 Å². The van der Waals surface area contributed by atoms with E-state index in [9.17, 15) is 9.90 Å². The van der Waals surface area contributed by atoms with Gasteiger partial charge in [0.05, 0.1) is 5.60 Å². The molecule has 8 atom stereocenters. The van der Waals surface area contributed by atoms with E-state index in [2.05, 4.69) is 41.5 Å². The first-order valence-corrected chi connectivity index (χ1v) is 12.4. The first-order valence-electron chi connectivity index (χ1n) is 12.4. The number of carbonyl (C=O) groups excluding carboxylic acids is 1. The first-order chi connectivity index (χ1) is 13.1. The molecule has 184 valence electrons. The van der Waals surface area contributed by atoms with Crippen molar-refractivity contribution in [2.24, 2.45) is 58.2 Å². The molecule has 0 aliphatic heterocycles. The van der Waals surface area contributed by atoms with Crippen LogP contribution in [0, 0.1) is 65.6 Å². The maximum Gasteiger partial charge on any atom is 2.00 e. The number of carbonyl (C=O) groups is 1. The minimum absolute atomic E-state index is 0. The van der Waals surface area contributed by atoms with E-state index in [1.165, 1.54) is 25.7 Å². The molecular weight excluding hydrogens is 428 g/mol. The zero-order valence-electron chi connectivity index (χ0n) is 22.8. The maximum absolute atomic E-state index is 11.1. The third kappa shape index (κ3) is 6.27. The summed E-state index contributed by atoms with van der Waals surface area (Å²) in [6.07, 6.45) is 7.28. The van der Waals surface area contributed by atoms with Crippen LogP contribution in [0.5, 0.6) is 0 Å². The number of fused-ring (bicyclic) bond motifs is 4. The topological polar surface area (TPSA) is 37.3 Å². The molecule has 4 fully saturated rings. The molecule has 4 heteroatoms. The Labute approximate surface area is 222 Å². The Morgan fingerprint density at radius 1 is 0.875 bits per heavy atom. The summed E-state index contributed by atoms with van der Waals surface area (Å²) < 4.78 is 0. The third-order valence-electron chi connectivity index (χ3n) is 10.5. The SMILES string of the molecule is CC(=O)CC1CC2CC1C(C)C2(C)C.CC1C2CC(CC2CC(C)(C)O)C1(C)C.[CH3-].[Cl-].[Mg+2]. The summed E-state index contributed by atoms with van der Waals surface area (Å²) in [7, 11) is 0. The second kappa shape index (κ2) is 11.2. The summed E-state index contributed by atoms with van der Waals surface area (Å²) >= 11 is 0. The van der Waals surface area contributed by atoms with E-state index >= 15 is 0 Å². The fourth-order valence-electron chi connectivity index (χ4n) is 8.08. The van der Waals surface area contributed by atoms with Crippen LogP contribution in [0.4, 0.5) is 0 Å².